The molecule has 23 heavy (non-hydrogen) atoms. The second kappa shape index (κ2) is 10.5. The van der Waals surface area contributed by atoms with Crippen molar-refractivity contribution in [3.8, 4) is 0 Å². The van der Waals surface area contributed by atoms with Gasteiger partial charge in [-0.1, -0.05) is 5.16 Å². The lowest BCUT2D eigenvalue weighted by Crippen LogP contribution is -2.37. The highest BCUT2D eigenvalue weighted by molar-refractivity contribution is 14.0. The molecule has 2 aromatic rings. The van der Waals surface area contributed by atoms with Crippen LogP contribution in [0.3, 0.4) is 0 Å². The molecule has 0 unspecified atom stereocenters. The lowest BCUT2D eigenvalue weighted by molar-refractivity contribution is 0.372. The van der Waals surface area contributed by atoms with Crippen LogP contribution in [-0.2, 0) is 13.0 Å². The molecule has 0 saturated carbocycles. The molecule has 9 heteroatoms. The van der Waals surface area contributed by atoms with Gasteiger partial charge in [-0.3, -0.25) is 0 Å². The second-order valence-corrected chi connectivity index (χ2v) is 6.14. The van der Waals surface area contributed by atoms with Gasteiger partial charge in [0.1, 0.15) is 5.01 Å². The van der Waals surface area contributed by atoms with Crippen LogP contribution < -0.4 is 10.6 Å². The average Bonchev–Trinajstić information content (AvgIpc) is 3.09. The summed E-state index contributed by atoms with van der Waals surface area (Å²) in [7, 11) is 0. The van der Waals surface area contributed by atoms with E-state index in [1.165, 1.54) is 4.88 Å². The molecule has 0 amide bonds. The van der Waals surface area contributed by atoms with Crippen molar-refractivity contribution in [2.75, 3.05) is 13.1 Å². The van der Waals surface area contributed by atoms with Crippen LogP contribution in [0.5, 0.6) is 0 Å². The number of hydrogen-bond donors (Lipinski definition) is 2. The van der Waals surface area contributed by atoms with Crippen molar-refractivity contribution in [2.24, 2.45) is 4.99 Å². The van der Waals surface area contributed by atoms with Crippen LogP contribution in [0.4, 0.5) is 0 Å². The van der Waals surface area contributed by atoms with Crippen molar-refractivity contribution < 1.29 is 4.52 Å². The second-order valence-electron chi connectivity index (χ2n) is 4.83. The van der Waals surface area contributed by atoms with Gasteiger partial charge in [0.15, 0.2) is 11.8 Å². The molecule has 0 aliphatic carbocycles. The van der Waals surface area contributed by atoms with Crippen molar-refractivity contribution in [2.45, 2.75) is 40.2 Å². The van der Waals surface area contributed by atoms with E-state index < -0.39 is 0 Å². The highest BCUT2D eigenvalue weighted by Crippen LogP contribution is 2.11. The van der Waals surface area contributed by atoms with Gasteiger partial charge in [0.05, 0.1) is 6.54 Å². The molecule has 0 bridgehead atoms. The van der Waals surface area contributed by atoms with E-state index in [4.69, 9.17) is 4.52 Å². The first-order chi connectivity index (χ1) is 10.7. The molecule has 0 saturated heterocycles. The summed E-state index contributed by atoms with van der Waals surface area (Å²) >= 11 is 1.67. The predicted octanol–water partition coefficient (Wildman–Crippen LogP) is 2.45. The number of hydrogen-bond acceptors (Lipinski definition) is 6. The van der Waals surface area contributed by atoms with Gasteiger partial charge in [0, 0.05) is 30.6 Å². The summed E-state index contributed by atoms with van der Waals surface area (Å²) in [4.78, 5) is 14.2. The smallest absolute Gasteiger partial charge is 0.226 e. The minimum atomic E-state index is 0. The Morgan fingerprint density at radius 2 is 2.17 bits per heavy atom. The Balaban J connectivity index is 0.00000264. The summed E-state index contributed by atoms with van der Waals surface area (Å²) in [6.45, 7) is 8.13. The molecule has 2 heterocycles. The Hall–Kier alpha value is -1.23. The number of halogens is 1. The standard InChI is InChI=1S/C14H22N6OS.HI/c1-4-15-14(18-9-13-17-8-10(2)22-13)16-7-5-6-12-19-11(3)20-21-12;/h8H,4-7,9H2,1-3H3,(H2,15,16,18);1H. The first-order valence-corrected chi connectivity index (χ1v) is 8.21. The quantitative estimate of drug-likeness (QED) is 0.292. The number of aromatic nitrogens is 3. The highest BCUT2D eigenvalue weighted by Gasteiger charge is 2.03. The predicted molar refractivity (Wildman–Crippen MR) is 102 cm³/mol. The molecule has 0 aromatic carbocycles. The summed E-state index contributed by atoms with van der Waals surface area (Å²) in [6, 6.07) is 0. The van der Waals surface area contributed by atoms with Gasteiger partial charge in [0.2, 0.25) is 5.89 Å². The average molecular weight is 450 g/mol. The highest BCUT2D eigenvalue weighted by atomic mass is 127. The minimum absolute atomic E-state index is 0. The first-order valence-electron chi connectivity index (χ1n) is 7.40. The fourth-order valence-electron chi connectivity index (χ4n) is 1.85. The van der Waals surface area contributed by atoms with Crippen molar-refractivity contribution >= 4 is 41.3 Å². The summed E-state index contributed by atoms with van der Waals surface area (Å²) in [5.74, 6) is 2.16. The van der Waals surface area contributed by atoms with E-state index in [2.05, 4.69) is 30.8 Å². The molecule has 7 nitrogen and oxygen atoms in total. The van der Waals surface area contributed by atoms with Gasteiger partial charge in [-0.2, -0.15) is 4.98 Å². The number of nitrogens with zero attached hydrogens (tertiary/aromatic N) is 4. The van der Waals surface area contributed by atoms with Crippen LogP contribution in [-0.4, -0.2) is 34.2 Å². The van der Waals surface area contributed by atoms with Crippen LogP contribution in [0.15, 0.2) is 15.7 Å². The Morgan fingerprint density at radius 1 is 1.35 bits per heavy atom. The van der Waals surface area contributed by atoms with Crippen LogP contribution >= 0.6 is 35.3 Å². The van der Waals surface area contributed by atoms with Gasteiger partial charge >= 0.3 is 0 Å². The lowest BCUT2D eigenvalue weighted by atomic mass is 10.3. The van der Waals surface area contributed by atoms with Gasteiger partial charge in [-0.15, -0.1) is 35.3 Å². The molecule has 0 spiro atoms. The van der Waals surface area contributed by atoms with Crippen LogP contribution in [0, 0.1) is 13.8 Å². The maximum atomic E-state index is 5.08. The molecule has 2 rings (SSSR count). The number of aliphatic imine (C=N–C) groups is 1. The molecule has 0 radical (unpaired) electrons. The molecule has 0 atom stereocenters. The zero-order chi connectivity index (χ0) is 15.8. The zero-order valence-electron chi connectivity index (χ0n) is 13.6. The Bertz CT molecular complexity index is 612. The summed E-state index contributed by atoms with van der Waals surface area (Å²) < 4.78 is 5.08. The number of guanidine groups is 1. The van der Waals surface area contributed by atoms with E-state index in [-0.39, 0.29) is 24.0 Å². The number of rotatable bonds is 7. The molecular formula is C14H23IN6OS. The fourth-order valence-corrected chi connectivity index (χ4v) is 2.56. The topological polar surface area (TPSA) is 88.2 Å². The van der Waals surface area contributed by atoms with E-state index in [1.54, 1.807) is 11.3 Å². The monoisotopic (exact) mass is 450 g/mol. The van der Waals surface area contributed by atoms with Crippen LogP contribution in [0.1, 0.15) is 34.9 Å². The van der Waals surface area contributed by atoms with Gasteiger partial charge in [-0.25, -0.2) is 9.98 Å². The normalized spacial score (nSPS) is 11.2. The zero-order valence-corrected chi connectivity index (χ0v) is 16.8. The van der Waals surface area contributed by atoms with Crippen molar-refractivity contribution in [3.05, 3.63) is 27.8 Å². The molecule has 0 fully saturated rings. The van der Waals surface area contributed by atoms with E-state index in [1.807, 2.05) is 27.0 Å². The largest absolute Gasteiger partial charge is 0.357 e. The molecule has 0 aliphatic rings. The molecule has 0 aliphatic heterocycles. The summed E-state index contributed by atoms with van der Waals surface area (Å²) in [5.41, 5.74) is 0. The van der Waals surface area contributed by atoms with E-state index in [9.17, 15) is 0 Å². The number of aryl methyl sites for hydroxylation is 3. The fraction of sp³-hybridized carbons (Fsp3) is 0.571. The van der Waals surface area contributed by atoms with Crippen molar-refractivity contribution in [1.29, 1.82) is 0 Å². The molecular weight excluding hydrogens is 427 g/mol. The van der Waals surface area contributed by atoms with Crippen LogP contribution in [0.25, 0.3) is 0 Å². The Kier molecular flexibility index (Phi) is 9.07. The van der Waals surface area contributed by atoms with Gasteiger partial charge in [0.25, 0.3) is 0 Å². The van der Waals surface area contributed by atoms with E-state index in [0.717, 1.165) is 36.9 Å². The summed E-state index contributed by atoms with van der Waals surface area (Å²) in [6.07, 6.45) is 3.55. The molecule has 2 N–H and O–H groups in total. The maximum absolute atomic E-state index is 5.08. The van der Waals surface area contributed by atoms with Crippen molar-refractivity contribution in [3.63, 3.8) is 0 Å². The third-order valence-corrected chi connectivity index (χ3v) is 3.71. The van der Waals surface area contributed by atoms with Gasteiger partial charge < -0.3 is 15.2 Å². The molecule has 2 aromatic heterocycles. The Morgan fingerprint density at radius 3 is 2.78 bits per heavy atom. The lowest BCUT2D eigenvalue weighted by Gasteiger charge is -2.10. The third-order valence-electron chi connectivity index (χ3n) is 2.82. The Labute approximate surface area is 157 Å². The van der Waals surface area contributed by atoms with Crippen LogP contribution in [0.2, 0.25) is 0 Å². The van der Waals surface area contributed by atoms with Gasteiger partial charge in [-0.05, 0) is 27.2 Å². The maximum Gasteiger partial charge on any atom is 0.226 e. The summed E-state index contributed by atoms with van der Waals surface area (Å²) in [5, 5.41) is 11.3. The first kappa shape index (κ1) is 19.8. The van der Waals surface area contributed by atoms with E-state index in [0.29, 0.717) is 18.3 Å². The number of thiazole rings is 1. The third kappa shape index (κ3) is 7.25. The van der Waals surface area contributed by atoms with E-state index >= 15 is 0 Å². The SMILES string of the molecule is CCNC(=NCc1ncc(C)s1)NCCCc1nc(C)no1.I. The van der Waals surface area contributed by atoms with Crippen molar-refractivity contribution in [1.82, 2.24) is 25.8 Å². The number of nitrogens with one attached hydrogen (secondary N) is 2. The minimum Gasteiger partial charge on any atom is -0.357 e. The molecule has 128 valence electrons.